The third-order valence-electron chi connectivity index (χ3n) is 5.82. The van der Waals surface area contributed by atoms with Crippen molar-refractivity contribution in [2.24, 2.45) is 11.3 Å². The van der Waals surface area contributed by atoms with Crippen LogP contribution >= 0.6 is 0 Å². The Bertz CT molecular complexity index is 907. The summed E-state index contributed by atoms with van der Waals surface area (Å²) in [6, 6.07) is 4.10. The summed E-state index contributed by atoms with van der Waals surface area (Å²) in [6.45, 7) is 5.12. The van der Waals surface area contributed by atoms with Crippen LogP contribution in [-0.2, 0) is 20.9 Å². The van der Waals surface area contributed by atoms with E-state index >= 15 is 0 Å². The zero-order chi connectivity index (χ0) is 29.3. The highest BCUT2D eigenvalue weighted by molar-refractivity contribution is 5.74. The Hall–Kier alpha value is -3.14. The van der Waals surface area contributed by atoms with E-state index in [1.807, 2.05) is 37.3 Å². The zero-order valence-electron chi connectivity index (χ0n) is 20.9. The summed E-state index contributed by atoms with van der Waals surface area (Å²) < 4.78 is 69.5. The van der Waals surface area contributed by atoms with Crippen molar-refractivity contribution in [1.82, 2.24) is 19.7 Å². The minimum absolute atomic E-state index is 0.122. The molecule has 1 aromatic heterocycles. The Morgan fingerprint density at radius 3 is 2.11 bits per heavy atom. The van der Waals surface area contributed by atoms with Crippen molar-refractivity contribution in [3.05, 3.63) is 30.1 Å². The highest BCUT2D eigenvalue weighted by Crippen LogP contribution is 2.43. The molecule has 2 atom stereocenters. The van der Waals surface area contributed by atoms with Crippen molar-refractivity contribution in [1.29, 1.82) is 0 Å². The van der Waals surface area contributed by atoms with Crippen LogP contribution in [0.5, 0.6) is 0 Å². The van der Waals surface area contributed by atoms with Crippen molar-refractivity contribution in [3.8, 4) is 0 Å². The molecule has 2 saturated heterocycles. The van der Waals surface area contributed by atoms with E-state index in [4.69, 9.17) is 24.5 Å². The van der Waals surface area contributed by atoms with Crippen molar-refractivity contribution in [2.45, 2.75) is 25.4 Å². The number of aromatic nitrogens is 1. The van der Waals surface area contributed by atoms with Crippen molar-refractivity contribution >= 4 is 18.0 Å². The summed E-state index contributed by atoms with van der Waals surface area (Å²) in [6.07, 6.45) is -5.47. The number of hydrogen-bond acceptors (Lipinski definition) is 6. The number of aliphatic carboxylic acids is 2. The van der Waals surface area contributed by atoms with Crippen molar-refractivity contribution < 1.29 is 55.7 Å². The molecule has 10 nitrogen and oxygen atoms in total. The number of alkyl halides is 6. The lowest BCUT2D eigenvalue weighted by Crippen LogP contribution is -2.41. The Balaban J connectivity index is 0.000000426. The van der Waals surface area contributed by atoms with Gasteiger partial charge in [0.1, 0.15) is 0 Å². The van der Waals surface area contributed by atoms with Crippen LogP contribution in [0.3, 0.4) is 0 Å². The number of hydrogen-bond donors (Lipinski definition) is 2. The molecule has 1 aromatic rings. The van der Waals surface area contributed by atoms with E-state index in [2.05, 4.69) is 16.9 Å². The molecule has 38 heavy (non-hydrogen) atoms. The number of carbonyl (C=O) groups excluding carboxylic acids is 1. The molecular formula is C22H30F6N4O6. The first-order chi connectivity index (χ1) is 17.4. The molecule has 3 heterocycles. The van der Waals surface area contributed by atoms with Gasteiger partial charge in [0.15, 0.2) is 0 Å². The predicted molar refractivity (Wildman–Crippen MR) is 120 cm³/mol. The molecule has 216 valence electrons. The number of ether oxygens (including phenoxy) is 1. The molecule has 2 fully saturated rings. The van der Waals surface area contributed by atoms with E-state index in [1.165, 1.54) is 0 Å². The lowest BCUT2D eigenvalue weighted by molar-refractivity contribution is -0.193. The van der Waals surface area contributed by atoms with Gasteiger partial charge in [-0.3, -0.25) is 4.98 Å². The molecule has 0 radical (unpaired) electrons. The Morgan fingerprint density at radius 1 is 1.11 bits per heavy atom. The van der Waals surface area contributed by atoms with Crippen LogP contribution in [0.2, 0.25) is 0 Å². The average Bonchev–Trinajstić information content (AvgIpc) is 3.36. The molecule has 2 N–H and O–H groups in total. The summed E-state index contributed by atoms with van der Waals surface area (Å²) in [5.74, 6) is -5.04. The van der Waals surface area contributed by atoms with E-state index in [9.17, 15) is 31.1 Å². The lowest BCUT2D eigenvalue weighted by Gasteiger charge is -2.31. The van der Waals surface area contributed by atoms with Gasteiger partial charge < -0.3 is 29.6 Å². The third-order valence-corrected chi connectivity index (χ3v) is 5.82. The fourth-order valence-electron chi connectivity index (χ4n) is 4.14. The molecule has 16 heteroatoms. The van der Waals surface area contributed by atoms with Gasteiger partial charge in [0.2, 0.25) is 0 Å². The monoisotopic (exact) mass is 560 g/mol. The van der Waals surface area contributed by atoms with E-state index in [0.717, 1.165) is 44.8 Å². The Kier molecular flexibility index (Phi) is 11.8. The van der Waals surface area contributed by atoms with Crippen molar-refractivity contribution in [2.75, 3.05) is 53.9 Å². The Labute approximate surface area is 214 Å². The second-order valence-electron chi connectivity index (χ2n) is 9.09. The van der Waals surface area contributed by atoms with Gasteiger partial charge in [-0.1, -0.05) is 6.07 Å². The summed E-state index contributed by atoms with van der Waals surface area (Å²) in [5, 5.41) is 14.2. The second kappa shape index (κ2) is 13.6. The summed E-state index contributed by atoms with van der Waals surface area (Å²) >= 11 is 0. The average molecular weight is 560 g/mol. The van der Waals surface area contributed by atoms with Gasteiger partial charge in [0.25, 0.3) is 0 Å². The maximum atomic E-state index is 12.3. The summed E-state index contributed by atoms with van der Waals surface area (Å²) in [7, 11) is 5.81. The van der Waals surface area contributed by atoms with Crippen LogP contribution in [0.4, 0.5) is 31.1 Å². The maximum Gasteiger partial charge on any atom is 0.490 e. The molecule has 0 aromatic carbocycles. The second-order valence-corrected chi connectivity index (χ2v) is 9.09. The van der Waals surface area contributed by atoms with Crippen LogP contribution in [-0.4, -0.2) is 114 Å². The predicted octanol–water partition coefficient (Wildman–Crippen LogP) is 2.80. The van der Waals surface area contributed by atoms with Crippen LogP contribution in [0.15, 0.2) is 24.5 Å². The molecule has 1 spiro atoms. The highest BCUT2D eigenvalue weighted by atomic mass is 19.4. The molecule has 2 aliphatic rings. The minimum atomic E-state index is -5.08. The number of carboxylic acids is 2. The quantitative estimate of drug-likeness (QED) is 0.539. The van der Waals surface area contributed by atoms with E-state index < -0.39 is 24.3 Å². The van der Waals surface area contributed by atoms with Crippen LogP contribution in [0, 0.1) is 11.3 Å². The summed E-state index contributed by atoms with van der Waals surface area (Å²) in [5.41, 5.74) is 1.28. The maximum absolute atomic E-state index is 12.3. The third kappa shape index (κ3) is 10.3. The largest absolute Gasteiger partial charge is 0.490 e. The van der Waals surface area contributed by atoms with Crippen molar-refractivity contribution in [3.63, 3.8) is 0 Å². The van der Waals surface area contributed by atoms with Gasteiger partial charge >= 0.3 is 30.3 Å². The lowest BCUT2D eigenvalue weighted by atomic mass is 9.77. The number of urea groups is 1. The van der Waals surface area contributed by atoms with E-state index in [0.29, 0.717) is 12.5 Å². The number of amides is 2. The first-order valence-corrected chi connectivity index (χ1v) is 11.1. The Morgan fingerprint density at radius 2 is 1.66 bits per heavy atom. The molecule has 3 rings (SSSR count). The number of carboxylic acid groups (broad SMARTS) is 2. The topological polar surface area (TPSA) is 124 Å². The van der Waals surface area contributed by atoms with Gasteiger partial charge in [0.05, 0.1) is 13.2 Å². The number of rotatable bonds is 4. The van der Waals surface area contributed by atoms with Gasteiger partial charge in [-0.2, -0.15) is 26.3 Å². The van der Waals surface area contributed by atoms with Gasteiger partial charge in [-0.25, -0.2) is 14.4 Å². The first-order valence-electron chi connectivity index (χ1n) is 11.1. The van der Waals surface area contributed by atoms with Crippen LogP contribution in [0.25, 0.3) is 0 Å². The number of likely N-dealkylation sites (tertiary alicyclic amines) is 2. The summed E-state index contributed by atoms with van der Waals surface area (Å²) in [4.78, 5) is 40.2. The molecule has 0 aliphatic carbocycles. The van der Waals surface area contributed by atoms with Gasteiger partial charge in [-0.05, 0) is 25.1 Å². The first kappa shape index (κ1) is 32.9. The van der Waals surface area contributed by atoms with Gasteiger partial charge in [-0.15, -0.1) is 0 Å². The zero-order valence-corrected chi connectivity index (χ0v) is 20.9. The minimum Gasteiger partial charge on any atom is -0.475 e. The SMILES string of the molecule is CN1C[C@H](COCc2cccnc2)[C@]2(CCN(C(=O)N(C)C)C2)C1.O=C(O)C(F)(F)F.O=C(O)C(F)(F)F. The number of carbonyl (C=O) groups is 3. The fourth-order valence-corrected chi connectivity index (χ4v) is 4.14. The van der Waals surface area contributed by atoms with E-state index in [1.54, 1.807) is 11.1 Å². The van der Waals surface area contributed by atoms with Gasteiger partial charge in [0, 0.05) is 64.0 Å². The number of pyridine rings is 1. The molecule has 0 unspecified atom stereocenters. The molecule has 2 aliphatic heterocycles. The molecular weight excluding hydrogens is 530 g/mol. The number of nitrogens with zero attached hydrogens (tertiary/aromatic N) is 4. The smallest absolute Gasteiger partial charge is 0.475 e. The highest BCUT2D eigenvalue weighted by Gasteiger charge is 2.50. The molecule has 0 saturated carbocycles. The fraction of sp³-hybridized carbons (Fsp3) is 0.636. The standard InChI is InChI=1S/C18H28N4O2.2C2HF3O2/c1-20(2)17(23)22-8-6-18(14-22)13-21(3)10-16(18)12-24-11-15-5-4-7-19-9-15;2*3-2(4,5)1(6)7/h4-5,7,9,16H,6,8,10-14H2,1-3H3;2*(H,6,7)/t16-,18-;;/m1../s1. The van der Waals surface area contributed by atoms with Crippen LogP contribution in [0.1, 0.15) is 12.0 Å². The molecule has 2 amide bonds. The molecule has 0 bridgehead atoms. The number of halogens is 6. The van der Waals surface area contributed by atoms with E-state index in [-0.39, 0.29) is 11.4 Å². The van der Waals surface area contributed by atoms with Crippen LogP contribution < -0.4 is 0 Å². The normalized spacial score (nSPS) is 21.3.